The monoisotopic (exact) mass is 312 g/mol. The lowest BCUT2D eigenvalue weighted by Crippen LogP contribution is -2.15. The highest BCUT2D eigenvalue weighted by Gasteiger charge is 2.17. The first-order chi connectivity index (χ1) is 9.40. The zero-order valence-electron chi connectivity index (χ0n) is 10.6. The van der Waals surface area contributed by atoms with Crippen molar-refractivity contribution in [1.29, 1.82) is 0 Å². The van der Waals surface area contributed by atoms with Crippen molar-refractivity contribution in [1.82, 2.24) is 4.98 Å². The van der Waals surface area contributed by atoms with Crippen LogP contribution in [0.4, 0.5) is 5.69 Å². The Morgan fingerprint density at radius 1 is 1.25 bits per heavy atom. The summed E-state index contributed by atoms with van der Waals surface area (Å²) in [6, 6.07) is 9.42. The van der Waals surface area contributed by atoms with Crippen molar-refractivity contribution in [2.24, 2.45) is 0 Å². The van der Waals surface area contributed by atoms with E-state index in [1.807, 2.05) is 0 Å². The van der Waals surface area contributed by atoms with Gasteiger partial charge in [0.15, 0.2) is 0 Å². The highest BCUT2D eigenvalue weighted by molar-refractivity contribution is 7.92. The maximum Gasteiger partial charge on any atom is 0.263 e. The summed E-state index contributed by atoms with van der Waals surface area (Å²) in [4.78, 5) is 3.74. The van der Waals surface area contributed by atoms with E-state index in [1.54, 1.807) is 31.2 Å². The summed E-state index contributed by atoms with van der Waals surface area (Å²) < 4.78 is 26.9. The van der Waals surface area contributed by atoms with Crippen LogP contribution < -0.4 is 4.72 Å². The Morgan fingerprint density at radius 2 is 1.95 bits per heavy atom. The first-order valence-electron chi connectivity index (χ1n) is 5.81. The van der Waals surface area contributed by atoms with Gasteiger partial charge in [-0.2, -0.15) is 0 Å². The molecule has 1 aromatic carbocycles. The van der Waals surface area contributed by atoms with Crippen LogP contribution in [0.1, 0.15) is 18.6 Å². The van der Waals surface area contributed by atoms with Crippen molar-refractivity contribution in [2.75, 3.05) is 4.72 Å². The predicted molar refractivity (Wildman–Crippen MR) is 77.1 cm³/mol. The van der Waals surface area contributed by atoms with Gasteiger partial charge >= 0.3 is 0 Å². The van der Waals surface area contributed by atoms with Crippen molar-refractivity contribution in [3.8, 4) is 0 Å². The maximum atomic E-state index is 12.2. The molecule has 0 fully saturated rings. The number of aromatic nitrogens is 1. The number of para-hydroxylation sites is 1. The second-order valence-corrected chi connectivity index (χ2v) is 6.25. The average Bonchev–Trinajstić information content (AvgIpc) is 2.39. The minimum atomic E-state index is -3.77. The molecule has 0 aliphatic rings. The van der Waals surface area contributed by atoms with Crippen LogP contribution in [0.5, 0.6) is 0 Å². The maximum absolute atomic E-state index is 12.2. The molecule has 0 bridgehead atoms. The molecule has 5 nitrogen and oxygen atoms in total. The summed E-state index contributed by atoms with van der Waals surface area (Å²) in [6.07, 6.45) is 0.396. The molecule has 2 aromatic rings. The molecule has 0 saturated carbocycles. The number of nitrogens with zero attached hydrogens (tertiary/aromatic N) is 1. The average molecular weight is 313 g/mol. The van der Waals surface area contributed by atoms with E-state index in [0.717, 1.165) is 0 Å². The molecule has 7 heteroatoms. The number of anilines is 1. The molecule has 0 radical (unpaired) electrons. The third-order valence-corrected chi connectivity index (χ3v) is 4.24. The molecule has 2 N–H and O–H groups in total. The Morgan fingerprint density at radius 3 is 2.55 bits per heavy atom. The molecule has 20 heavy (non-hydrogen) atoms. The molecule has 0 saturated heterocycles. The predicted octanol–water partition coefficient (Wildman–Crippen LogP) is 2.59. The number of aliphatic hydroxyl groups excluding tert-OH is 1. The molecule has 1 heterocycles. The summed E-state index contributed by atoms with van der Waals surface area (Å²) in [5, 5.41) is 9.86. The van der Waals surface area contributed by atoms with Gasteiger partial charge in [-0.1, -0.05) is 29.8 Å². The smallest absolute Gasteiger partial charge is 0.263 e. The minimum Gasteiger partial charge on any atom is -0.389 e. The number of halogens is 1. The minimum absolute atomic E-state index is 0.00213. The van der Waals surface area contributed by atoms with Gasteiger partial charge < -0.3 is 5.11 Å². The van der Waals surface area contributed by atoms with E-state index in [4.69, 9.17) is 11.6 Å². The molecule has 0 aliphatic heterocycles. The zero-order chi connectivity index (χ0) is 14.8. The van der Waals surface area contributed by atoms with Crippen LogP contribution in [0.3, 0.4) is 0 Å². The number of hydrogen-bond acceptors (Lipinski definition) is 4. The van der Waals surface area contributed by atoms with Crippen LogP contribution >= 0.6 is 11.6 Å². The standard InChI is InChI=1S/C13H13ClN2O3S/c1-9(17)11-4-2-3-5-12(11)16-20(18,19)10-6-7-13(14)15-8-10/h2-9,16-17H,1H3. The molecule has 1 atom stereocenters. The van der Waals surface area contributed by atoms with Crippen molar-refractivity contribution >= 4 is 27.3 Å². The van der Waals surface area contributed by atoms with Gasteiger partial charge in [0.05, 0.1) is 11.8 Å². The largest absolute Gasteiger partial charge is 0.389 e. The van der Waals surface area contributed by atoms with Crippen LogP contribution in [0, 0.1) is 0 Å². The molecule has 0 spiro atoms. The fourth-order valence-electron chi connectivity index (χ4n) is 1.68. The van der Waals surface area contributed by atoms with Crippen molar-refractivity contribution in [3.63, 3.8) is 0 Å². The van der Waals surface area contributed by atoms with Crippen LogP contribution in [0.15, 0.2) is 47.5 Å². The fraction of sp³-hybridized carbons (Fsp3) is 0.154. The number of hydrogen-bond donors (Lipinski definition) is 2. The van der Waals surface area contributed by atoms with Gasteiger partial charge in [0, 0.05) is 11.8 Å². The highest BCUT2D eigenvalue weighted by atomic mass is 35.5. The van der Waals surface area contributed by atoms with Gasteiger partial charge in [0.1, 0.15) is 10.0 Å². The summed E-state index contributed by atoms with van der Waals surface area (Å²) >= 11 is 5.63. The third-order valence-electron chi connectivity index (χ3n) is 2.67. The van der Waals surface area contributed by atoms with Gasteiger partial charge in [-0.3, -0.25) is 4.72 Å². The highest BCUT2D eigenvalue weighted by Crippen LogP contribution is 2.25. The van der Waals surface area contributed by atoms with Crippen LogP contribution in [-0.4, -0.2) is 18.5 Å². The number of sulfonamides is 1. The number of aliphatic hydroxyl groups is 1. The van der Waals surface area contributed by atoms with Gasteiger partial charge in [0.25, 0.3) is 10.0 Å². The first kappa shape index (κ1) is 14.8. The van der Waals surface area contributed by atoms with Gasteiger partial charge in [-0.05, 0) is 25.1 Å². The van der Waals surface area contributed by atoms with Crippen LogP contribution in [-0.2, 0) is 10.0 Å². The van der Waals surface area contributed by atoms with Crippen molar-refractivity contribution in [3.05, 3.63) is 53.3 Å². The van der Waals surface area contributed by atoms with Crippen molar-refractivity contribution in [2.45, 2.75) is 17.9 Å². The summed E-state index contributed by atoms with van der Waals surface area (Å²) in [5.74, 6) is 0. The Hall–Kier alpha value is -1.63. The molecule has 0 aliphatic carbocycles. The van der Waals surface area contributed by atoms with E-state index in [-0.39, 0.29) is 10.0 Å². The summed E-state index contributed by atoms with van der Waals surface area (Å²) in [6.45, 7) is 1.57. The van der Waals surface area contributed by atoms with Crippen LogP contribution in [0.25, 0.3) is 0 Å². The molecular formula is C13H13ClN2O3S. The van der Waals surface area contributed by atoms with Gasteiger partial charge in [-0.25, -0.2) is 13.4 Å². The lowest BCUT2D eigenvalue weighted by atomic mass is 10.1. The van der Waals surface area contributed by atoms with Gasteiger partial charge in [-0.15, -0.1) is 0 Å². The van der Waals surface area contributed by atoms with E-state index >= 15 is 0 Å². The molecule has 1 unspecified atom stereocenters. The number of pyridine rings is 1. The quantitative estimate of drug-likeness (QED) is 0.850. The molecule has 1 aromatic heterocycles. The first-order valence-corrected chi connectivity index (χ1v) is 7.67. The topological polar surface area (TPSA) is 79.3 Å². The Kier molecular flexibility index (Phi) is 4.27. The fourth-order valence-corrected chi connectivity index (χ4v) is 2.82. The SMILES string of the molecule is CC(O)c1ccccc1NS(=O)(=O)c1ccc(Cl)nc1. The summed E-state index contributed by atoms with van der Waals surface area (Å²) in [5.41, 5.74) is 0.829. The number of benzene rings is 1. The number of nitrogens with one attached hydrogen (secondary N) is 1. The summed E-state index contributed by atoms with van der Waals surface area (Å²) in [7, 11) is -3.77. The number of rotatable bonds is 4. The normalized spacial score (nSPS) is 12.9. The Balaban J connectivity index is 2.36. The van der Waals surface area contributed by atoms with E-state index < -0.39 is 16.1 Å². The molecule has 0 amide bonds. The second-order valence-electron chi connectivity index (χ2n) is 4.19. The third kappa shape index (κ3) is 3.27. The van der Waals surface area contributed by atoms with E-state index in [9.17, 15) is 13.5 Å². The van der Waals surface area contributed by atoms with Crippen LogP contribution in [0.2, 0.25) is 5.15 Å². The molecular weight excluding hydrogens is 300 g/mol. The van der Waals surface area contributed by atoms with Crippen molar-refractivity contribution < 1.29 is 13.5 Å². The molecule has 2 rings (SSSR count). The lowest BCUT2D eigenvalue weighted by molar-refractivity contribution is 0.200. The Labute approximate surface area is 122 Å². The van der Waals surface area contributed by atoms with E-state index in [0.29, 0.717) is 11.3 Å². The second kappa shape index (κ2) is 5.78. The van der Waals surface area contributed by atoms with E-state index in [1.165, 1.54) is 18.3 Å². The zero-order valence-corrected chi connectivity index (χ0v) is 12.2. The Bertz CT molecular complexity index is 700. The lowest BCUT2D eigenvalue weighted by Gasteiger charge is -2.14. The van der Waals surface area contributed by atoms with E-state index in [2.05, 4.69) is 9.71 Å². The van der Waals surface area contributed by atoms with Gasteiger partial charge in [0.2, 0.25) is 0 Å². The molecule has 106 valence electrons.